The van der Waals surface area contributed by atoms with Crippen LogP contribution in [-0.4, -0.2) is 75.1 Å². The number of aliphatic hydroxyl groups is 4. The van der Waals surface area contributed by atoms with Crippen molar-refractivity contribution in [1.29, 1.82) is 0 Å². The summed E-state index contributed by atoms with van der Waals surface area (Å²) in [6.07, 6.45) is -7.79. The van der Waals surface area contributed by atoms with Gasteiger partial charge in [0.15, 0.2) is 16.9 Å². The van der Waals surface area contributed by atoms with Gasteiger partial charge in [-0.15, -0.1) is 0 Å². The number of phenolic OH excluding ortho intramolecular Hbond substituents is 2. The highest BCUT2D eigenvalue weighted by molar-refractivity contribution is 5.89. The van der Waals surface area contributed by atoms with E-state index in [9.17, 15) is 35.4 Å². The summed E-state index contributed by atoms with van der Waals surface area (Å²) in [7, 11) is 1.21. The van der Waals surface area contributed by atoms with Crippen molar-refractivity contribution < 1.29 is 49.3 Å². The molecule has 6 N–H and O–H groups in total. The largest absolute Gasteiger partial charge is 0.507 e. The van der Waals surface area contributed by atoms with Gasteiger partial charge in [-0.2, -0.15) is 0 Å². The third-order valence-electron chi connectivity index (χ3n) is 5.38. The Morgan fingerprint density at radius 1 is 1.03 bits per heavy atom. The number of ether oxygens (including phenoxy) is 3. The van der Waals surface area contributed by atoms with Crippen molar-refractivity contribution in [3.05, 3.63) is 46.6 Å². The monoisotopic (exact) mass is 462 g/mol. The Bertz CT molecular complexity index is 1220. The Balaban J connectivity index is 1.81. The molecule has 0 amide bonds. The molecule has 11 heteroatoms. The molecule has 0 saturated carbocycles. The highest BCUT2D eigenvalue weighted by Crippen LogP contribution is 2.43. The van der Waals surface area contributed by atoms with E-state index in [2.05, 4.69) is 0 Å². The SMILES string of the molecule is COc1c(O[C@@H]2OC(CO)[C@@H](O)[C@H](O)C2O)cc2oc(-c3ccccc3O)cc(=O)c2c1O. The van der Waals surface area contributed by atoms with Crippen molar-refractivity contribution in [2.24, 2.45) is 0 Å². The molecule has 1 aliphatic heterocycles. The summed E-state index contributed by atoms with van der Waals surface area (Å²) in [6, 6.07) is 8.50. The summed E-state index contributed by atoms with van der Waals surface area (Å²) in [4.78, 5) is 12.7. The zero-order chi connectivity index (χ0) is 23.9. The molecular formula is C22H22O11. The minimum Gasteiger partial charge on any atom is -0.507 e. The lowest BCUT2D eigenvalue weighted by atomic mass is 9.99. The van der Waals surface area contributed by atoms with Crippen molar-refractivity contribution in [3.63, 3.8) is 0 Å². The summed E-state index contributed by atoms with van der Waals surface area (Å²) in [5.41, 5.74) is -0.508. The van der Waals surface area contributed by atoms with Gasteiger partial charge in [0.2, 0.25) is 12.0 Å². The maximum absolute atomic E-state index is 12.7. The molecule has 1 saturated heterocycles. The lowest BCUT2D eigenvalue weighted by Gasteiger charge is -2.39. The average Bonchev–Trinajstić information content (AvgIpc) is 2.79. The van der Waals surface area contributed by atoms with E-state index < -0.39 is 48.5 Å². The molecule has 3 aromatic rings. The molecule has 1 aliphatic rings. The van der Waals surface area contributed by atoms with Gasteiger partial charge in [-0.3, -0.25) is 4.79 Å². The van der Waals surface area contributed by atoms with Gasteiger partial charge in [0.1, 0.15) is 46.9 Å². The Morgan fingerprint density at radius 3 is 2.42 bits per heavy atom. The molecule has 2 unspecified atom stereocenters. The van der Waals surface area contributed by atoms with Crippen molar-refractivity contribution in [1.82, 2.24) is 0 Å². The van der Waals surface area contributed by atoms with Gasteiger partial charge in [-0.05, 0) is 12.1 Å². The zero-order valence-corrected chi connectivity index (χ0v) is 17.3. The normalized spacial score (nSPS) is 25.2. The Kier molecular flexibility index (Phi) is 6.15. The Labute approximate surface area is 186 Å². The minimum absolute atomic E-state index is 0.0222. The van der Waals surface area contributed by atoms with Crippen molar-refractivity contribution in [3.8, 4) is 34.3 Å². The third kappa shape index (κ3) is 3.96. The first-order valence-electron chi connectivity index (χ1n) is 9.90. The average molecular weight is 462 g/mol. The smallest absolute Gasteiger partial charge is 0.229 e. The van der Waals surface area contributed by atoms with E-state index >= 15 is 0 Å². The van der Waals surface area contributed by atoms with E-state index in [1.165, 1.54) is 25.3 Å². The maximum Gasteiger partial charge on any atom is 0.229 e. The van der Waals surface area contributed by atoms with Crippen LogP contribution in [0.3, 0.4) is 0 Å². The molecule has 0 aliphatic carbocycles. The topological polar surface area (TPSA) is 179 Å². The number of hydrogen-bond donors (Lipinski definition) is 6. The Hall–Kier alpha value is -3.35. The van der Waals surface area contributed by atoms with Crippen LogP contribution in [0.2, 0.25) is 0 Å². The fourth-order valence-corrected chi connectivity index (χ4v) is 3.65. The van der Waals surface area contributed by atoms with E-state index in [1.54, 1.807) is 12.1 Å². The molecule has 2 aromatic carbocycles. The summed E-state index contributed by atoms with van der Waals surface area (Å²) in [5.74, 6) is -1.21. The molecule has 1 aromatic heterocycles. The van der Waals surface area contributed by atoms with E-state index in [1.807, 2.05) is 0 Å². The fourth-order valence-electron chi connectivity index (χ4n) is 3.65. The molecule has 33 heavy (non-hydrogen) atoms. The minimum atomic E-state index is -1.72. The number of aromatic hydroxyl groups is 2. The van der Waals surface area contributed by atoms with Gasteiger partial charge in [-0.1, -0.05) is 12.1 Å². The number of hydrogen-bond acceptors (Lipinski definition) is 11. The second-order valence-electron chi connectivity index (χ2n) is 7.44. The first-order valence-corrected chi connectivity index (χ1v) is 9.90. The molecule has 0 radical (unpaired) electrons. The molecular weight excluding hydrogens is 440 g/mol. The number of methoxy groups -OCH3 is 1. The fraction of sp³-hybridized carbons (Fsp3) is 0.318. The van der Waals surface area contributed by atoms with Gasteiger partial charge in [0.25, 0.3) is 0 Å². The van der Waals surface area contributed by atoms with E-state index in [-0.39, 0.29) is 39.5 Å². The van der Waals surface area contributed by atoms with Crippen LogP contribution >= 0.6 is 0 Å². The van der Waals surface area contributed by atoms with Crippen molar-refractivity contribution in [2.75, 3.05) is 13.7 Å². The quantitative estimate of drug-likeness (QED) is 0.302. The highest BCUT2D eigenvalue weighted by Gasteiger charge is 2.45. The van der Waals surface area contributed by atoms with Crippen molar-refractivity contribution in [2.45, 2.75) is 30.7 Å². The summed E-state index contributed by atoms with van der Waals surface area (Å²) >= 11 is 0. The van der Waals surface area contributed by atoms with Crippen LogP contribution in [0, 0.1) is 0 Å². The first kappa shape index (κ1) is 22.8. The van der Waals surface area contributed by atoms with Crippen LogP contribution in [0.5, 0.6) is 23.0 Å². The molecule has 0 spiro atoms. The molecule has 176 valence electrons. The highest BCUT2D eigenvalue weighted by atomic mass is 16.7. The van der Waals surface area contributed by atoms with Crippen LogP contribution in [0.4, 0.5) is 0 Å². The number of fused-ring (bicyclic) bond motifs is 1. The molecule has 0 bridgehead atoms. The molecule has 4 rings (SSSR count). The summed E-state index contributed by atoms with van der Waals surface area (Å²) < 4.78 is 21.8. The van der Waals surface area contributed by atoms with Gasteiger partial charge >= 0.3 is 0 Å². The van der Waals surface area contributed by atoms with Gasteiger partial charge in [0, 0.05) is 12.1 Å². The van der Waals surface area contributed by atoms with Crippen LogP contribution < -0.4 is 14.9 Å². The van der Waals surface area contributed by atoms with Gasteiger partial charge < -0.3 is 49.3 Å². The lowest BCUT2D eigenvalue weighted by Crippen LogP contribution is -2.60. The van der Waals surface area contributed by atoms with Crippen molar-refractivity contribution >= 4 is 11.0 Å². The number of benzene rings is 2. The van der Waals surface area contributed by atoms with Gasteiger partial charge in [0.05, 0.1) is 19.3 Å². The number of phenols is 2. The van der Waals surface area contributed by atoms with Gasteiger partial charge in [-0.25, -0.2) is 0 Å². The van der Waals surface area contributed by atoms with E-state index in [0.29, 0.717) is 0 Å². The molecule has 5 atom stereocenters. The second kappa shape index (κ2) is 8.89. The maximum atomic E-state index is 12.7. The van der Waals surface area contributed by atoms with Crippen LogP contribution in [0.15, 0.2) is 45.6 Å². The number of aliphatic hydroxyl groups excluding tert-OH is 4. The zero-order valence-electron chi connectivity index (χ0n) is 17.3. The first-order chi connectivity index (χ1) is 15.8. The number of rotatable bonds is 5. The predicted octanol–water partition coefficient (Wildman–Crippen LogP) is 0.0585. The Morgan fingerprint density at radius 2 is 1.76 bits per heavy atom. The van der Waals surface area contributed by atoms with Crippen LogP contribution in [0.1, 0.15) is 0 Å². The lowest BCUT2D eigenvalue weighted by molar-refractivity contribution is -0.277. The third-order valence-corrected chi connectivity index (χ3v) is 5.38. The van der Waals surface area contributed by atoms with E-state index in [4.69, 9.17) is 18.6 Å². The second-order valence-corrected chi connectivity index (χ2v) is 7.44. The predicted molar refractivity (Wildman–Crippen MR) is 112 cm³/mol. The van der Waals surface area contributed by atoms with E-state index in [0.717, 1.165) is 6.07 Å². The molecule has 2 heterocycles. The molecule has 11 nitrogen and oxygen atoms in total. The molecule has 1 fully saturated rings. The van der Waals surface area contributed by atoms with Crippen LogP contribution in [0.25, 0.3) is 22.3 Å². The standard InChI is InChI=1S/C22H22O11/c1-30-21-14(32-22-20(29)19(28)17(26)15(8-23)33-22)7-13-16(18(21)27)11(25)6-12(31-13)9-4-2-3-5-10(9)24/h2-7,15,17,19-20,22-24,26-29H,8H2,1H3/t15?,17-,19+,20?,22-/m1/s1. The summed E-state index contributed by atoms with van der Waals surface area (Å²) in [5, 5.41) is 60.1. The number of para-hydroxylation sites is 1. The summed E-state index contributed by atoms with van der Waals surface area (Å²) in [6.45, 7) is -0.663. The van der Waals surface area contributed by atoms with Crippen LogP contribution in [-0.2, 0) is 4.74 Å².